The highest BCUT2D eigenvalue weighted by atomic mass is 19.1. The summed E-state index contributed by atoms with van der Waals surface area (Å²) >= 11 is 0. The Kier molecular flexibility index (Phi) is 5.82. The summed E-state index contributed by atoms with van der Waals surface area (Å²) in [6, 6.07) is 5.98. The molecular weight excluding hydrogens is 309 g/mol. The molecule has 1 aliphatic carbocycles. The van der Waals surface area contributed by atoms with E-state index in [0.717, 1.165) is 38.8 Å². The van der Waals surface area contributed by atoms with Crippen LogP contribution in [0.1, 0.15) is 25.7 Å². The Labute approximate surface area is 141 Å². The molecule has 1 fully saturated rings. The number of ether oxygens (including phenoxy) is 1. The van der Waals surface area contributed by atoms with E-state index < -0.39 is 6.10 Å². The number of imidazole rings is 1. The van der Waals surface area contributed by atoms with Crippen LogP contribution in [-0.4, -0.2) is 39.5 Å². The van der Waals surface area contributed by atoms with Crippen LogP contribution in [0.2, 0.25) is 0 Å². The highest BCUT2D eigenvalue weighted by Gasteiger charge is 2.32. The fourth-order valence-corrected chi connectivity index (χ4v) is 3.15. The highest BCUT2D eigenvalue weighted by molar-refractivity contribution is 5.22. The van der Waals surface area contributed by atoms with Gasteiger partial charge in [-0.3, -0.25) is 0 Å². The quantitative estimate of drug-likeness (QED) is 0.764. The first kappa shape index (κ1) is 16.9. The summed E-state index contributed by atoms with van der Waals surface area (Å²) in [5, 5.41) is 14.0. The van der Waals surface area contributed by atoms with Crippen molar-refractivity contribution in [1.82, 2.24) is 14.9 Å². The molecule has 130 valence electrons. The fraction of sp³-hybridized carbons (Fsp3) is 0.500. The van der Waals surface area contributed by atoms with Gasteiger partial charge in [-0.2, -0.15) is 0 Å². The van der Waals surface area contributed by atoms with Crippen LogP contribution in [0.5, 0.6) is 5.75 Å². The third kappa shape index (κ3) is 4.55. The van der Waals surface area contributed by atoms with Crippen LogP contribution in [0.3, 0.4) is 0 Å². The second-order valence-electron chi connectivity index (χ2n) is 6.25. The minimum Gasteiger partial charge on any atom is -0.488 e. The van der Waals surface area contributed by atoms with Gasteiger partial charge in [0.2, 0.25) is 0 Å². The van der Waals surface area contributed by atoms with E-state index >= 15 is 0 Å². The normalized spacial score (nSPS) is 24.0. The van der Waals surface area contributed by atoms with E-state index in [1.165, 1.54) is 12.1 Å². The monoisotopic (exact) mass is 333 g/mol. The van der Waals surface area contributed by atoms with Gasteiger partial charge in [0.25, 0.3) is 0 Å². The van der Waals surface area contributed by atoms with E-state index in [0.29, 0.717) is 5.75 Å². The lowest BCUT2D eigenvalue weighted by Crippen LogP contribution is -2.51. The van der Waals surface area contributed by atoms with Crippen molar-refractivity contribution < 1.29 is 14.2 Å². The molecule has 5 nitrogen and oxygen atoms in total. The average Bonchev–Trinajstić information content (AvgIpc) is 3.10. The smallest absolute Gasteiger partial charge is 0.126 e. The number of aliphatic hydroxyl groups is 1. The molecule has 0 unspecified atom stereocenters. The molecule has 0 spiro atoms. The molecule has 1 heterocycles. The molecular formula is C18H24FN3O2. The number of aliphatic hydroxyl groups excluding tert-OH is 1. The zero-order chi connectivity index (χ0) is 16.8. The van der Waals surface area contributed by atoms with Crippen molar-refractivity contribution in [2.75, 3.05) is 6.54 Å². The molecule has 6 heteroatoms. The van der Waals surface area contributed by atoms with Gasteiger partial charge in [-0.05, 0) is 56.5 Å². The van der Waals surface area contributed by atoms with Crippen LogP contribution in [0.15, 0.2) is 43.0 Å². The zero-order valence-electron chi connectivity index (χ0n) is 13.6. The molecule has 24 heavy (non-hydrogen) atoms. The molecule has 0 amide bonds. The van der Waals surface area contributed by atoms with Gasteiger partial charge in [0.15, 0.2) is 0 Å². The van der Waals surface area contributed by atoms with Gasteiger partial charge in [0, 0.05) is 25.0 Å². The Morgan fingerprint density at radius 3 is 2.88 bits per heavy atom. The van der Waals surface area contributed by atoms with Gasteiger partial charge >= 0.3 is 0 Å². The number of aryl methyl sites for hydroxylation is 1. The standard InChI is InChI=1S/C18H24FN3O2/c19-14-5-7-15(8-6-14)24-17-4-1-3-16(18(17)23)21-9-2-11-22-12-10-20-13-22/h5-8,10,12-13,16-18,21,23H,1-4,9,11H2/t16-,17+,18+/m0/s1. The number of nitrogens with one attached hydrogen (secondary N) is 1. The van der Waals surface area contributed by atoms with Crippen molar-refractivity contribution in [1.29, 1.82) is 0 Å². The summed E-state index contributed by atoms with van der Waals surface area (Å²) in [4.78, 5) is 4.02. The molecule has 0 aliphatic heterocycles. The van der Waals surface area contributed by atoms with Crippen LogP contribution < -0.4 is 10.1 Å². The molecule has 1 aromatic heterocycles. The van der Waals surface area contributed by atoms with Crippen molar-refractivity contribution in [3.05, 3.63) is 48.8 Å². The number of hydrogen-bond acceptors (Lipinski definition) is 4. The summed E-state index contributed by atoms with van der Waals surface area (Å²) in [6.45, 7) is 1.74. The predicted molar refractivity (Wildman–Crippen MR) is 89.3 cm³/mol. The van der Waals surface area contributed by atoms with Crippen LogP contribution >= 0.6 is 0 Å². The minimum absolute atomic E-state index is 0.0342. The summed E-state index contributed by atoms with van der Waals surface area (Å²) in [5.74, 6) is 0.310. The largest absolute Gasteiger partial charge is 0.488 e. The van der Waals surface area contributed by atoms with Crippen LogP contribution in [0.4, 0.5) is 4.39 Å². The first-order valence-electron chi connectivity index (χ1n) is 8.52. The van der Waals surface area contributed by atoms with Crippen molar-refractivity contribution in [2.24, 2.45) is 0 Å². The predicted octanol–water partition coefficient (Wildman–Crippen LogP) is 2.36. The molecule has 1 saturated carbocycles. The summed E-state index contributed by atoms with van der Waals surface area (Å²) in [6.07, 6.45) is 8.44. The van der Waals surface area contributed by atoms with E-state index in [4.69, 9.17) is 4.74 Å². The molecule has 0 bridgehead atoms. The number of nitrogens with zero attached hydrogens (tertiary/aromatic N) is 2. The molecule has 0 radical (unpaired) electrons. The molecule has 2 aromatic rings. The van der Waals surface area contributed by atoms with Crippen molar-refractivity contribution >= 4 is 0 Å². The van der Waals surface area contributed by atoms with Crippen molar-refractivity contribution in [3.8, 4) is 5.75 Å². The van der Waals surface area contributed by atoms with E-state index in [-0.39, 0.29) is 18.0 Å². The summed E-state index contributed by atoms with van der Waals surface area (Å²) in [5.41, 5.74) is 0. The molecule has 3 rings (SSSR count). The Balaban J connectivity index is 1.45. The Bertz CT molecular complexity index is 603. The maximum absolute atomic E-state index is 13.0. The van der Waals surface area contributed by atoms with E-state index in [1.54, 1.807) is 18.3 Å². The maximum Gasteiger partial charge on any atom is 0.126 e. The maximum atomic E-state index is 13.0. The molecule has 1 aliphatic rings. The number of aromatic nitrogens is 2. The van der Waals surface area contributed by atoms with Gasteiger partial charge in [0.1, 0.15) is 23.8 Å². The van der Waals surface area contributed by atoms with E-state index in [2.05, 4.69) is 10.3 Å². The number of hydrogen-bond donors (Lipinski definition) is 2. The Morgan fingerprint density at radius 2 is 2.12 bits per heavy atom. The molecule has 1 aromatic carbocycles. The van der Waals surface area contributed by atoms with Crippen LogP contribution in [0, 0.1) is 5.82 Å². The van der Waals surface area contributed by atoms with Crippen LogP contribution in [-0.2, 0) is 6.54 Å². The van der Waals surface area contributed by atoms with Gasteiger partial charge in [-0.1, -0.05) is 0 Å². The van der Waals surface area contributed by atoms with Gasteiger partial charge in [-0.25, -0.2) is 9.37 Å². The van der Waals surface area contributed by atoms with Gasteiger partial charge in [0.05, 0.1) is 6.33 Å². The lowest BCUT2D eigenvalue weighted by Gasteiger charge is -2.35. The first-order chi connectivity index (χ1) is 11.7. The highest BCUT2D eigenvalue weighted by Crippen LogP contribution is 2.24. The topological polar surface area (TPSA) is 59.3 Å². The molecule has 0 saturated heterocycles. The summed E-state index contributed by atoms with van der Waals surface area (Å²) in [7, 11) is 0. The summed E-state index contributed by atoms with van der Waals surface area (Å²) < 4.78 is 20.8. The number of halogens is 1. The molecule has 3 atom stereocenters. The van der Waals surface area contributed by atoms with Crippen LogP contribution in [0.25, 0.3) is 0 Å². The fourth-order valence-electron chi connectivity index (χ4n) is 3.15. The lowest BCUT2D eigenvalue weighted by atomic mass is 9.89. The van der Waals surface area contributed by atoms with Gasteiger partial charge < -0.3 is 19.7 Å². The number of rotatable bonds is 7. The second kappa shape index (κ2) is 8.26. The first-order valence-corrected chi connectivity index (χ1v) is 8.52. The van der Waals surface area contributed by atoms with E-state index in [1.807, 2.05) is 17.1 Å². The third-order valence-electron chi connectivity index (χ3n) is 4.46. The van der Waals surface area contributed by atoms with Crippen molar-refractivity contribution in [3.63, 3.8) is 0 Å². The molecule has 2 N–H and O–H groups in total. The van der Waals surface area contributed by atoms with E-state index in [9.17, 15) is 9.50 Å². The number of benzene rings is 1. The average molecular weight is 333 g/mol. The SMILES string of the molecule is O[C@@H]1[C@@H](NCCCn2ccnc2)CCC[C@H]1Oc1ccc(F)cc1. The second-order valence-corrected chi connectivity index (χ2v) is 6.25. The van der Waals surface area contributed by atoms with Crippen molar-refractivity contribution in [2.45, 2.75) is 50.5 Å². The Morgan fingerprint density at radius 1 is 1.29 bits per heavy atom. The third-order valence-corrected chi connectivity index (χ3v) is 4.46. The lowest BCUT2D eigenvalue weighted by molar-refractivity contribution is -0.0153. The zero-order valence-corrected chi connectivity index (χ0v) is 13.6. The Hall–Kier alpha value is -1.92. The van der Waals surface area contributed by atoms with Gasteiger partial charge in [-0.15, -0.1) is 0 Å². The minimum atomic E-state index is -0.558.